The van der Waals surface area contributed by atoms with Crippen molar-refractivity contribution in [3.05, 3.63) is 12.2 Å². The van der Waals surface area contributed by atoms with Gasteiger partial charge in [-0.1, -0.05) is 179 Å². The smallest absolute Gasteiger partial charge is 0.112 e. The Hall–Kier alpha value is -0.610. The Balaban J connectivity index is 2.09. The first-order valence-corrected chi connectivity index (χ1v) is 21.2. The Morgan fingerprint density at radius 1 is 0.694 bits per heavy atom. The van der Waals surface area contributed by atoms with E-state index in [1.54, 1.807) is 6.08 Å². The van der Waals surface area contributed by atoms with Crippen LogP contribution in [0.25, 0.3) is 0 Å². The molecule has 7 unspecified atom stereocenters. The molecule has 0 aromatic rings. The Morgan fingerprint density at radius 3 is 1.59 bits per heavy atom. The van der Waals surface area contributed by atoms with E-state index < -0.39 is 42.7 Å². The number of aliphatic hydroxyl groups excluding tert-OH is 5. The molecule has 6 N–H and O–H groups in total. The van der Waals surface area contributed by atoms with Crippen LogP contribution in [0.4, 0.5) is 0 Å². The Bertz CT molecular complexity index is 785. The second kappa shape index (κ2) is 32.1. The van der Waals surface area contributed by atoms with Crippen molar-refractivity contribution in [2.45, 2.75) is 236 Å². The van der Waals surface area contributed by atoms with Crippen molar-refractivity contribution in [3.63, 3.8) is 0 Å². The molecule has 0 bridgehead atoms. The number of ether oxygens (including phenoxy) is 1. The van der Waals surface area contributed by atoms with Crippen LogP contribution in [0.2, 0.25) is 0 Å². The Morgan fingerprint density at radius 2 is 1.14 bits per heavy atom. The lowest BCUT2D eigenvalue weighted by Crippen LogP contribution is -2.50. The minimum absolute atomic E-state index is 0.0609. The van der Waals surface area contributed by atoms with Crippen LogP contribution < -0.4 is 5.32 Å². The number of hydrogen-bond acceptors (Lipinski definition) is 7. The lowest BCUT2D eigenvalue weighted by molar-refractivity contribution is -0.124. The molecule has 290 valence electrons. The van der Waals surface area contributed by atoms with Crippen LogP contribution in [0.3, 0.4) is 0 Å². The van der Waals surface area contributed by atoms with Crippen LogP contribution in [0.15, 0.2) is 12.2 Å². The maximum atomic E-state index is 10.9. The molecule has 0 heterocycles. The van der Waals surface area contributed by atoms with Crippen molar-refractivity contribution in [1.29, 1.82) is 0 Å². The first kappa shape index (κ1) is 46.4. The van der Waals surface area contributed by atoms with Crippen molar-refractivity contribution in [2.75, 3.05) is 6.61 Å². The third-order valence-corrected chi connectivity index (χ3v) is 10.6. The lowest BCUT2D eigenvalue weighted by atomic mass is 9.96. The van der Waals surface area contributed by atoms with E-state index in [-0.39, 0.29) is 13.0 Å². The standard InChI is InChI=1S/C41H79NO6S/c1-3-5-6-7-8-9-10-11-12-13-14-15-16-17-18-19-20-21-22-23-24-25-26-31-39(49)42-35(37(45)32-34(43)4-2)33-48-38-30-28-27-29-36(44)40(46)41(38)47/h27,29,34-38,40-41,43-47H,3-26,28,30-33H2,1-2H3,(H,42,49)/b29-27-. The van der Waals surface area contributed by atoms with Gasteiger partial charge in [-0.05, 0) is 32.1 Å². The largest absolute Gasteiger partial charge is 0.393 e. The summed E-state index contributed by atoms with van der Waals surface area (Å²) in [6.45, 7) is 4.22. The summed E-state index contributed by atoms with van der Waals surface area (Å²) in [7, 11) is 0. The van der Waals surface area contributed by atoms with Gasteiger partial charge in [0.25, 0.3) is 0 Å². The van der Waals surface area contributed by atoms with E-state index in [4.69, 9.17) is 17.0 Å². The van der Waals surface area contributed by atoms with Gasteiger partial charge in [-0.3, -0.25) is 0 Å². The molecule has 0 amide bonds. The molecular weight excluding hydrogens is 635 g/mol. The average molecular weight is 714 g/mol. The summed E-state index contributed by atoms with van der Waals surface area (Å²) in [6.07, 6.45) is 31.2. The summed E-state index contributed by atoms with van der Waals surface area (Å²) >= 11 is 5.62. The third kappa shape index (κ3) is 25.1. The molecule has 0 fully saturated rings. The average Bonchev–Trinajstić information content (AvgIpc) is 3.09. The highest BCUT2D eigenvalue weighted by atomic mass is 32.1. The second-order valence-electron chi connectivity index (χ2n) is 14.9. The summed E-state index contributed by atoms with van der Waals surface area (Å²) in [6, 6.07) is -0.548. The van der Waals surface area contributed by atoms with E-state index in [9.17, 15) is 25.5 Å². The zero-order valence-corrected chi connectivity index (χ0v) is 32.6. The summed E-state index contributed by atoms with van der Waals surface area (Å²) < 4.78 is 5.98. The highest BCUT2D eigenvalue weighted by Gasteiger charge is 2.33. The molecule has 0 radical (unpaired) electrons. The number of thiocarbonyl (C=S) groups is 1. The fourth-order valence-electron chi connectivity index (χ4n) is 6.82. The summed E-state index contributed by atoms with van der Waals surface area (Å²) in [5, 5.41) is 55.1. The van der Waals surface area contributed by atoms with Gasteiger partial charge < -0.3 is 35.6 Å². The number of aliphatic hydroxyl groups is 5. The molecule has 0 aromatic heterocycles. The molecule has 7 nitrogen and oxygen atoms in total. The quantitative estimate of drug-likeness (QED) is 0.0232. The van der Waals surface area contributed by atoms with Gasteiger partial charge in [-0.15, -0.1) is 0 Å². The van der Waals surface area contributed by atoms with Crippen molar-refractivity contribution in [1.82, 2.24) is 5.32 Å². The molecule has 1 rings (SSSR count). The summed E-state index contributed by atoms with van der Waals surface area (Å²) in [5.41, 5.74) is 0. The van der Waals surface area contributed by atoms with E-state index in [1.165, 1.54) is 141 Å². The normalized spacial score (nSPS) is 22.3. The summed E-state index contributed by atoms with van der Waals surface area (Å²) in [5.74, 6) is 0. The number of allylic oxidation sites excluding steroid dienone is 1. The third-order valence-electron chi connectivity index (χ3n) is 10.3. The monoisotopic (exact) mass is 714 g/mol. The van der Waals surface area contributed by atoms with Crippen LogP contribution in [0.5, 0.6) is 0 Å². The SMILES string of the molecule is CCCCCCCCCCCCCCCCCCCCCCCCCC(=S)NC(COC1CC/C=C\C(O)C(O)C1O)C(O)CC(O)CC. The fraction of sp³-hybridized carbons (Fsp3) is 0.927. The first-order valence-electron chi connectivity index (χ1n) is 20.8. The van der Waals surface area contributed by atoms with Crippen molar-refractivity contribution in [3.8, 4) is 0 Å². The molecule has 1 aliphatic carbocycles. The van der Waals surface area contributed by atoms with Gasteiger partial charge in [0, 0.05) is 6.42 Å². The minimum Gasteiger partial charge on any atom is -0.393 e. The lowest BCUT2D eigenvalue weighted by Gasteiger charge is -2.33. The van der Waals surface area contributed by atoms with E-state index in [0.717, 1.165) is 19.3 Å². The van der Waals surface area contributed by atoms with Gasteiger partial charge in [0.1, 0.15) is 18.3 Å². The van der Waals surface area contributed by atoms with E-state index >= 15 is 0 Å². The van der Waals surface area contributed by atoms with Gasteiger partial charge >= 0.3 is 0 Å². The molecule has 0 aromatic carbocycles. The molecule has 49 heavy (non-hydrogen) atoms. The maximum Gasteiger partial charge on any atom is 0.112 e. The van der Waals surface area contributed by atoms with Crippen LogP contribution >= 0.6 is 12.2 Å². The number of unbranched alkanes of at least 4 members (excludes halogenated alkanes) is 22. The van der Waals surface area contributed by atoms with E-state index in [1.807, 2.05) is 6.92 Å². The fourth-order valence-corrected chi connectivity index (χ4v) is 7.12. The van der Waals surface area contributed by atoms with Crippen LogP contribution in [-0.2, 0) is 4.74 Å². The molecule has 0 saturated heterocycles. The molecule has 1 aliphatic rings. The van der Waals surface area contributed by atoms with Gasteiger partial charge in [0.05, 0.1) is 35.9 Å². The molecule has 0 spiro atoms. The summed E-state index contributed by atoms with van der Waals surface area (Å²) in [4.78, 5) is 0.666. The maximum absolute atomic E-state index is 10.9. The Kier molecular flexibility index (Phi) is 30.4. The Labute approximate surface area is 307 Å². The van der Waals surface area contributed by atoms with Crippen molar-refractivity contribution in [2.24, 2.45) is 0 Å². The van der Waals surface area contributed by atoms with Gasteiger partial charge in [-0.2, -0.15) is 0 Å². The van der Waals surface area contributed by atoms with Crippen LogP contribution in [0.1, 0.15) is 194 Å². The van der Waals surface area contributed by atoms with E-state index in [0.29, 0.717) is 24.3 Å². The van der Waals surface area contributed by atoms with Crippen LogP contribution in [0, 0.1) is 0 Å². The number of rotatable bonds is 32. The molecular formula is C41H79NO6S. The van der Waals surface area contributed by atoms with Gasteiger partial charge in [-0.25, -0.2) is 0 Å². The van der Waals surface area contributed by atoms with Crippen LogP contribution in [-0.4, -0.2) is 79.8 Å². The van der Waals surface area contributed by atoms with Crippen molar-refractivity contribution < 1.29 is 30.3 Å². The number of nitrogens with one attached hydrogen (secondary N) is 1. The predicted octanol–water partition coefficient (Wildman–Crippen LogP) is 8.99. The topological polar surface area (TPSA) is 122 Å². The van der Waals surface area contributed by atoms with Gasteiger partial charge in [0.2, 0.25) is 0 Å². The van der Waals surface area contributed by atoms with Gasteiger partial charge in [0.15, 0.2) is 0 Å². The highest BCUT2D eigenvalue weighted by molar-refractivity contribution is 7.80. The molecule has 8 heteroatoms. The zero-order valence-electron chi connectivity index (χ0n) is 31.8. The van der Waals surface area contributed by atoms with Crippen molar-refractivity contribution >= 4 is 17.2 Å². The van der Waals surface area contributed by atoms with E-state index in [2.05, 4.69) is 12.2 Å². The second-order valence-corrected chi connectivity index (χ2v) is 15.4. The highest BCUT2D eigenvalue weighted by Crippen LogP contribution is 2.20. The molecule has 0 aliphatic heterocycles. The number of hydrogen-bond donors (Lipinski definition) is 6. The first-order chi connectivity index (χ1) is 23.8. The zero-order chi connectivity index (χ0) is 36.0. The molecule has 0 saturated carbocycles. The minimum atomic E-state index is -1.35. The predicted molar refractivity (Wildman–Crippen MR) is 209 cm³/mol. The molecule has 7 atom stereocenters.